The van der Waals surface area contributed by atoms with Gasteiger partial charge in [0.2, 0.25) is 5.82 Å². The van der Waals surface area contributed by atoms with Crippen molar-refractivity contribution in [1.82, 2.24) is 9.78 Å². The summed E-state index contributed by atoms with van der Waals surface area (Å²) in [5, 5.41) is 23.9. The maximum Gasteiger partial charge on any atom is 0.333 e. The fraction of sp³-hybridized carbons (Fsp3) is 0.636. The van der Waals surface area contributed by atoms with Crippen molar-refractivity contribution in [2.75, 3.05) is 11.4 Å². The molecule has 8 heteroatoms. The number of carboxylic acids is 1. The van der Waals surface area contributed by atoms with Crippen molar-refractivity contribution in [3.05, 3.63) is 15.8 Å². The van der Waals surface area contributed by atoms with Gasteiger partial charge in [-0.2, -0.15) is 5.10 Å². The number of anilines is 1. The van der Waals surface area contributed by atoms with E-state index < -0.39 is 10.9 Å². The number of nitrogens with zero attached hydrogens (tertiary/aromatic N) is 4. The van der Waals surface area contributed by atoms with E-state index in [0.717, 1.165) is 0 Å². The average molecular weight is 270 g/mol. The lowest BCUT2D eigenvalue weighted by molar-refractivity contribution is -0.384. The third-order valence-corrected chi connectivity index (χ3v) is 2.81. The van der Waals surface area contributed by atoms with Crippen molar-refractivity contribution in [1.29, 1.82) is 0 Å². The van der Waals surface area contributed by atoms with Crippen molar-refractivity contribution in [2.45, 2.75) is 33.2 Å². The van der Waals surface area contributed by atoms with Crippen LogP contribution < -0.4 is 4.90 Å². The molecule has 1 aromatic heterocycles. The molecular formula is C11H18N4O4. The van der Waals surface area contributed by atoms with E-state index in [-0.39, 0.29) is 24.7 Å². The van der Waals surface area contributed by atoms with Crippen molar-refractivity contribution in [3.63, 3.8) is 0 Å². The van der Waals surface area contributed by atoms with Crippen LogP contribution in [0.1, 0.15) is 26.0 Å². The maximum absolute atomic E-state index is 11.1. The van der Waals surface area contributed by atoms with Gasteiger partial charge in [-0.05, 0) is 20.8 Å². The smallest absolute Gasteiger partial charge is 0.333 e. The molecule has 106 valence electrons. The lowest BCUT2D eigenvalue weighted by Gasteiger charge is -2.27. The topological polar surface area (TPSA) is 102 Å². The summed E-state index contributed by atoms with van der Waals surface area (Å²) in [4.78, 5) is 23.0. The van der Waals surface area contributed by atoms with Crippen molar-refractivity contribution in [2.24, 2.45) is 7.05 Å². The van der Waals surface area contributed by atoms with Gasteiger partial charge in [-0.3, -0.25) is 14.9 Å². The minimum absolute atomic E-state index is 0.0622. The Morgan fingerprint density at radius 3 is 2.58 bits per heavy atom. The molecule has 0 atom stereocenters. The molecule has 0 spiro atoms. The molecule has 0 radical (unpaired) electrons. The summed E-state index contributed by atoms with van der Waals surface area (Å²) in [6.07, 6.45) is -0.0838. The Labute approximate surface area is 110 Å². The van der Waals surface area contributed by atoms with E-state index in [4.69, 9.17) is 5.11 Å². The lowest BCUT2D eigenvalue weighted by atomic mass is 10.2. The van der Waals surface area contributed by atoms with E-state index >= 15 is 0 Å². The molecule has 0 fully saturated rings. The van der Waals surface area contributed by atoms with Gasteiger partial charge in [0.25, 0.3) is 0 Å². The summed E-state index contributed by atoms with van der Waals surface area (Å²) in [5.41, 5.74) is 0.255. The lowest BCUT2D eigenvalue weighted by Crippen LogP contribution is -2.34. The van der Waals surface area contributed by atoms with Crippen LogP contribution in [0, 0.1) is 17.0 Å². The number of aromatic nitrogens is 2. The van der Waals surface area contributed by atoms with E-state index in [1.54, 1.807) is 18.9 Å². The number of carbonyl (C=O) groups is 1. The Morgan fingerprint density at radius 1 is 1.58 bits per heavy atom. The Bertz CT molecular complexity index is 495. The molecule has 0 aromatic carbocycles. The van der Waals surface area contributed by atoms with Crippen LogP contribution in [0.4, 0.5) is 11.5 Å². The van der Waals surface area contributed by atoms with Crippen LogP contribution in [-0.4, -0.2) is 38.4 Å². The fourth-order valence-corrected chi connectivity index (χ4v) is 2.00. The summed E-state index contributed by atoms with van der Waals surface area (Å²) in [7, 11) is 1.62. The van der Waals surface area contributed by atoms with E-state index in [9.17, 15) is 14.9 Å². The van der Waals surface area contributed by atoms with Crippen molar-refractivity contribution < 1.29 is 14.8 Å². The zero-order chi connectivity index (χ0) is 14.7. The SMILES string of the molecule is Cc1nn(C)c(N(CCC(=O)O)C(C)C)c1[N+](=O)[O-]. The molecule has 1 heterocycles. The Morgan fingerprint density at radius 2 is 2.16 bits per heavy atom. The Balaban J connectivity index is 3.22. The van der Waals surface area contributed by atoms with Crippen LogP contribution in [0.15, 0.2) is 0 Å². The van der Waals surface area contributed by atoms with Crippen LogP contribution in [0.3, 0.4) is 0 Å². The Hall–Kier alpha value is -2.12. The number of hydrogen-bond donors (Lipinski definition) is 1. The number of rotatable bonds is 6. The van der Waals surface area contributed by atoms with E-state index in [1.165, 1.54) is 4.68 Å². The maximum atomic E-state index is 11.1. The second kappa shape index (κ2) is 5.68. The van der Waals surface area contributed by atoms with E-state index in [1.807, 2.05) is 13.8 Å². The molecule has 1 rings (SSSR count). The molecule has 0 aliphatic carbocycles. The first-order chi connectivity index (χ1) is 8.75. The summed E-state index contributed by atoms with van der Waals surface area (Å²) in [6, 6.07) is -0.0622. The van der Waals surface area contributed by atoms with Crippen LogP contribution in [0.2, 0.25) is 0 Å². The first kappa shape index (κ1) is 14.9. The molecule has 8 nitrogen and oxygen atoms in total. The highest BCUT2D eigenvalue weighted by Gasteiger charge is 2.29. The van der Waals surface area contributed by atoms with Crippen molar-refractivity contribution >= 4 is 17.5 Å². The molecule has 1 aromatic rings. The summed E-state index contributed by atoms with van der Waals surface area (Å²) < 4.78 is 1.43. The highest BCUT2D eigenvalue weighted by molar-refractivity contribution is 5.68. The molecule has 0 bridgehead atoms. The zero-order valence-electron chi connectivity index (χ0n) is 11.5. The number of carboxylic acid groups (broad SMARTS) is 1. The average Bonchev–Trinajstić information content (AvgIpc) is 2.53. The van der Waals surface area contributed by atoms with Gasteiger partial charge in [-0.15, -0.1) is 0 Å². The standard InChI is InChI=1S/C11H18N4O4/c1-7(2)14(6-5-9(16)17)11-10(15(18)19)8(3)12-13(11)4/h7H,5-6H2,1-4H3,(H,16,17). The molecule has 0 unspecified atom stereocenters. The van der Waals surface area contributed by atoms with Gasteiger partial charge in [0, 0.05) is 19.6 Å². The normalized spacial score (nSPS) is 10.8. The molecule has 0 saturated carbocycles. The number of aryl methyl sites for hydroxylation is 2. The largest absolute Gasteiger partial charge is 0.481 e. The predicted molar refractivity (Wildman–Crippen MR) is 69.3 cm³/mol. The number of nitro groups is 1. The van der Waals surface area contributed by atoms with Gasteiger partial charge in [-0.1, -0.05) is 0 Å². The van der Waals surface area contributed by atoms with Crippen LogP contribution in [0.5, 0.6) is 0 Å². The van der Waals surface area contributed by atoms with Gasteiger partial charge in [0.05, 0.1) is 11.3 Å². The monoisotopic (exact) mass is 270 g/mol. The first-order valence-electron chi connectivity index (χ1n) is 5.92. The minimum Gasteiger partial charge on any atom is -0.481 e. The highest BCUT2D eigenvalue weighted by atomic mass is 16.6. The zero-order valence-corrected chi connectivity index (χ0v) is 11.5. The molecule has 0 aliphatic rings. The molecule has 0 amide bonds. The summed E-state index contributed by atoms with van der Waals surface area (Å²) >= 11 is 0. The van der Waals surface area contributed by atoms with Gasteiger partial charge in [0.15, 0.2) is 0 Å². The minimum atomic E-state index is -0.938. The molecule has 0 saturated heterocycles. The van der Waals surface area contributed by atoms with Gasteiger partial charge in [0.1, 0.15) is 5.69 Å². The van der Waals surface area contributed by atoms with Crippen LogP contribution in [-0.2, 0) is 11.8 Å². The van der Waals surface area contributed by atoms with Gasteiger partial charge < -0.3 is 10.0 Å². The quantitative estimate of drug-likeness (QED) is 0.618. The number of aliphatic carboxylic acids is 1. The van der Waals surface area contributed by atoms with Crippen molar-refractivity contribution in [3.8, 4) is 0 Å². The van der Waals surface area contributed by atoms with Gasteiger partial charge >= 0.3 is 11.7 Å². The second-order valence-electron chi connectivity index (χ2n) is 4.57. The molecule has 1 N–H and O–H groups in total. The predicted octanol–water partition coefficient (Wildman–Crippen LogP) is 1.33. The van der Waals surface area contributed by atoms with Crippen LogP contribution in [0.25, 0.3) is 0 Å². The van der Waals surface area contributed by atoms with E-state index in [2.05, 4.69) is 5.10 Å². The third kappa shape index (κ3) is 3.21. The second-order valence-corrected chi connectivity index (χ2v) is 4.57. The summed E-state index contributed by atoms with van der Waals surface area (Å²) in [5.74, 6) is -0.592. The van der Waals surface area contributed by atoms with E-state index in [0.29, 0.717) is 11.5 Å². The molecule has 19 heavy (non-hydrogen) atoms. The summed E-state index contributed by atoms with van der Waals surface area (Å²) in [6.45, 7) is 5.48. The molecular weight excluding hydrogens is 252 g/mol. The van der Waals surface area contributed by atoms with Gasteiger partial charge in [-0.25, -0.2) is 4.68 Å². The first-order valence-corrected chi connectivity index (χ1v) is 5.92. The fourth-order valence-electron chi connectivity index (χ4n) is 2.00. The van der Waals surface area contributed by atoms with Crippen LogP contribution >= 0.6 is 0 Å². The Kier molecular flexibility index (Phi) is 4.47. The highest BCUT2D eigenvalue weighted by Crippen LogP contribution is 2.32. The number of hydrogen-bond acceptors (Lipinski definition) is 5. The molecule has 0 aliphatic heterocycles. The third-order valence-electron chi connectivity index (χ3n) is 2.81.